The lowest BCUT2D eigenvalue weighted by molar-refractivity contribution is 0.175. The van der Waals surface area contributed by atoms with Crippen molar-refractivity contribution >= 4 is 11.3 Å². The largest absolute Gasteiger partial charge is 0.328 e. The number of nitrogens with two attached hydrogens (primary N) is 1. The molecule has 0 atom stereocenters. The van der Waals surface area contributed by atoms with E-state index in [1.54, 1.807) is 11.3 Å². The van der Waals surface area contributed by atoms with E-state index >= 15 is 0 Å². The van der Waals surface area contributed by atoms with Gasteiger partial charge in [-0.3, -0.25) is 4.90 Å². The molecule has 0 spiro atoms. The average Bonchev–Trinajstić information content (AvgIpc) is 2.77. The summed E-state index contributed by atoms with van der Waals surface area (Å²) in [6.45, 7) is 3.14. The van der Waals surface area contributed by atoms with Crippen LogP contribution in [0.4, 0.5) is 0 Å². The van der Waals surface area contributed by atoms with Crippen molar-refractivity contribution in [2.75, 3.05) is 7.05 Å². The molecule has 96 valence electrons. The van der Waals surface area contributed by atoms with Crippen LogP contribution in [-0.4, -0.2) is 29.0 Å². The van der Waals surface area contributed by atoms with Crippen molar-refractivity contribution in [3.05, 3.63) is 16.1 Å². The third kappa shape index (κ3) is 3.50. The molecular weight excluding hydrogens is 230 g/mol. The summed E-state index contributed by atoms with van der Waals surface area (Å²) < 4.78 is 0. The van der Waals surface area contributed by atoms with E-state index in [1.807, 2.05) is 0 Å². The van der Waals surface area contributed by atoms with Gasteiger partial charge >= 0.3 is 0 Å². The van der Waals surface area contributed by atoms with Crippen LogP contribution in [0.5, 0.6) is 0 Å². The van der Waals surface area contributed by atoms with Crippen molar-refractivity contribution in [1.82, 2.24) is 9.88 Å². The Morgan fingerprint density at radius 3 is 2.71 bits per heavy atom. The molecule has 0 bridgehead atoms. The molecule has 0 aliphatic heterocycles. The van der Waals surface area contributed by atoms with Gasteiger partial charge in [-0.25, -0.2) is 4.98 Å². The van der Waals surface area contributed by atoms with Gasteiger partial charge in [0.15, 0.2) is 0 Å². The zero-order chi connectivity index (χ0) is 12.3. The summed E-state index contributed by atoms with van der Waals surface area (Å²) in [5, 5.41) is 3.45. The second-order valence-corrected chi connectivity index (χ2v) is 6.01. The number of hydrogen-bond donors (Lipinski definition) is 1. The standard InChI is InChI=1S/C13H23N3S/c1-3-13-15-11(9-17-13)8-16(2)12-6-4-10(14)5-7-12/h9-10,12H,3-8,14H2,1-2H3. The second kappa shape index (κ2) is 5.94. The van der Waals surface area contributed by atoms with Crippen LogP contribution in [0, 0.1) is 0 Å². The highest BCUT2D eigenvalue weighted by Crippen LogP contribution is 2.22. The summed E-state index contributed by atoms with van der Waals surface area (Å²) in [5.74, 6) is 0. The molecule has 1 aromatic heterocycles. The van der Waals surface area contributed by atoms with Crippen molar-refractivity contribution in [3.8, 4) is 0 Å². The number of thiazole rings is 1. The van der Waals surface area contributed by atoms with Gasteiger partial charge in [0.25, 0.3) is 0 Å². The van der Waals surface area contributed by atoms with Gasteiger partial charge < -0.3 is 5.73 Å². The zero-order valence-electron chi connectivity index (χ0n) is 10.9. The van der Waals surface area contributed by atoms with E-state index in [0.717, 1.165) is 13.0 Å². The lowest BCUT2D eigenvalue weighted by Gasteiger charge is -2.33. The first-order valence-electron chi connectivity index (χ1n) is 6.58. The van der Waals surface area contributed by atoms with E-state index < -0.39 is 0 Å². The molecule has 1 heterocycles. The number of aryl methyl sites for hydroxylation is 1. The molecular formula is C13H23N3S. The van der Waals surface area contributed by atoms with Crippen LogP contribution >= 0.6 is 11.3 Å². The van der Waals surface area contributed by atoms with Crippen molar-refractivity contribution in [1.29, 1.82) is 0 Å². The normalized spacial score (nSPS) is 25.4. The van der Waals surface area contributed by atoms with Crippen LogP contribution < -0.4 is 5.73 Å². The molecule has 0 radical (unpaired) electrons. The van der Waals surface area contributed by atoms with Gasteiger partial charge in [-0.05, 0) is 39.2 Å². The first-order chi connectivity index (χ1) is 8.19. The predicted molar refractivity (Wildman–Crippen MR) is 73.2 cm³/mol. The number of rotatable bonds is 4. The minimum Gasteiger partial charge on any atom is -0.328 e. The molecule has 17 heavy (non-hydrogen) atoms. The fourth-order valence-corrected chi connectivity index (χ4v) is 3.25. The third-order valence-corrected chi connectivity index (χ3v) is 4.72. The summed E-state index contributed by atoms with van der Waals surface area (Å²) in [4.78, 5) is 7.08. The maximum Gasteiger partial charge on any atom is 0.0926 e. The van der Waals surface area contributed by atoms with Crippen LogP contribution in [0.2, 0.25) is 0 Å². The Kier molecular flexibility index (Phi) is 4.54. The molecule has 1 fully saturated rings. The highest BCUT2D eigenvalue weighted by atomic mass is 32.1. The minimum absolute atomic E-state index is 0.436. The average molecular weight is 253 g/mol. The Balaban J connectivity index is 1.85. The second-order valence-electron chi connectivity index (χ2n) is 5.07. The Morgan fingerprint density at radius 1 is 1.41 bits per heavy atom. The van der Waals surface area contributed by atoms with Gasteiger partial charge in [-0.2, -0.15) is 0 Å². The highest BCUT2D eigenvalue weighted by Gasteiger charge is 2.22. The Morgan fingerprint density at radius 2 is 2.12 bits per heavy atom. The molecule has 0 aromatic carbocycles. The molecule has 1 saturated carbocycles. The van der Waals surface area contributed by atoms with E-state index in [4.69, 9.17) is 5.73 Å². The van der Waals surface area contributed by atoms with Crippen molar-refractivity contribution in [3.63, 3.8) is 0 Å². The molecule has 1 aliphatic carbocycles. The van der Waals surface area contributed by atoms with Gasteiger partial charge in [-0.1, -0.05) is 6.92 Å². The Labute approximate surface area is 108 Å². The summed E-state index contributed by atoms with van der Waals surface area (Å²) >= 11 is 1.78. The molecule has 4 heteroatoms. The molecule has 2 N–H and O–H groups in total. The van der Waals surface area contributed by atoms with Gasteiger partial charge in [0, 0.05) is 24.0 Å². The van der Waals surface area contributed by atoms with Crippen molar-refractivity contribution in [2.24, 2.45) is 5.73 Å². The number of nitrogens with zero attached hydrogens (tertiary/aromatic N) is 2. The predicted octanol–water partition coefficient (Wildman–Crippen LogP) is 2.41. The molecule has 1 aliphatic rings. The van der Waals surface area contributed by atoms with E-state index in [-0.39, 0.29) is 0 Å². The minimum atomic E-state index is 0.436. The highest BCUT2D eigenvalue weighted by molar-refractivity contribution is 7.09. The molecule has 0 saturated heterocycles. The zero-order valence-corrected chi connectivity index (χ0v) is 11.7. The van der Waals surface area contributed by atoms with Crippen molar-refractivity contribution in [2.45, 2.75) is 57.7 Å². The Bertz CT molecular complexity index is 342. The molecule has 2 rings (SSSR count). The molecule has 0 amide bonds. The smallest absolute Gasteiger partial charge is 0.0926 e. The lowest BCUT2D eigenvalue weighted by Crippen LogP contribution is -2.38. The maximum absolute atomic E-state index is 5.94. The number of hydrogen-bond acceptors (Lipinski definition) is 4. The van der Waals surface area contributed by atoms with Crippen LogP contribution in [0.15, 0.2) is 5.38 Å². The Hall–Kier alpha value is -0.450. The molecule has 1 aromatic rings. The van der Waals surface area contributed by atoms with Gasteiger partial charge in [0.1, 0.15) is 0 Å². The quantitative estimate of drug-likeness (QED) is 0.896. The van der Waals surface area contributed by atoms with E-state index in [0.29, 0.717) is 12.1 Å². The van der Waals surface area contributed by atoms with Gasteiger partial charge in [0.2, 0.25) is 0 Å². The summed E-state index contributed by atoms with van der Waals surface area (Å²) in [6, 6.07) is 1.13. The third-order valence-electron chi connectivity index (χ3n) is 3.68. The van der Waals surface area contributed by atoms with Crippen LogP contribution in [0.1, 0.15) is 43.3 Å². The van der Waals surface area contributed by atoms with Crippen LogP contribution in [0.3, 0.4) is 0 Å². The maximum atomic E-state index is 5.94. The topological polar surface area (TPSA) is 42.2 Å². The first kappa shape index (κ1) is 13.0. The fraction of sp³-hybridized carbons (Fsp3) is 0.769. The van der Waals surface area contributed by atoms with Crippen LogP contribution in [0.25, 0.3) is 0 Å². The van der Waals surface area contributed by atoms with E-state index in [2.05, 4.69) is 29.2 Å². The summed E-state index contributed by atoms with van der Waals surface area (Å²) in [7, 11) is 2.21. The molecule has 0 unspecified atom stereocenters. The fourth-order valence-electron chi connectivity index (χ4n) is 2.51. The summed E-state index contributed by atoms with van der Waals surface area (Å²) in [5.41, 5.74) is 7.17. The summed E-state index contributed by atoms with van der Waals surface area (Å²) in [6.07, 6.45) is 5.87. The lowest BCUT2D eigenvalue weighted by atomic mass is 9.91. The first-order valence-corrected chi connectivity index (χ1v) is 7.46. The van der Waals surface area contributed by atoms with Gasteiger partial charge in [0.05, 0.1) is 10.7 Å². The SMILES string of the molecule is CCc1nc(CN(C)C2CCC(N)CC2)cs1. The van der Waals surface area contributed by atoms with Crippen LogP contribution in [-0.2, 0) is 13.0 Å². The molecule has 3 nitrogen and oxygen atoms in total. The monoisotopic (exact) mass is 253 g/mol. The van der Waals surface area contributed by atoms with Gasteiger partial charge in [-0.15, -0.1) is 11.3 Å². The van der Waals surface area contributed by atoms with E-state index in [1.165, 1.54) is 36.4 Å². The van der Waals surface area contributed by atoms with E-state index in [9.17, 15) is 0 Å². The number of aromatic nitrogens is 1. The van der Waals surface area contributed by atoms with Crippen molar-refractivity contribution < 1.29 is 0 Å².